The number of nitriles is 1. The van der Waals surface area contributed by atoms with E-state index in [1.165, 1.54) is 6.20 Å². The standard InChI is InChI=1S/C15H15ClN4O/c1-20(15-14(11-17)18-6-7-19-15)8-3-9-21-13-5-2-4-12(16)10-13/h2,4-7,10H,3,8-9H2,1H3. The second kappa shape index (κ2) is 7.46. The highest BCUT2D eigenvalue weighted by Crippen LogP contribution is 2.17. The van der Waals surface area contributed by atoms with Crippen molar-refractivity contribution >= 4 is 17.4 Å². The third kappa shape index (κ3) is 4.33. The summed E-state index contributed by atoms with van der Waals surface area (Å²) in [5.41, 5.74) is 0.329. The third-order valence-electron chi connectivity index (χ3n) is 2.85. The number of anilines is 1. The molecule has 0 bridgehead atoms. The molecular formula is C15H15ClN4O. The molecule has 21 heavy (non-hydrogen) atoms. The molecule has 0 fully saturated rings. The van der Waals surface area contributed by atoms with Gasteiger partial charge in [0, 0.05) is 31.0 Å². The molecule has 0 aliphatic carbocycles. The molecule has 1 aromatic carbocycles. The molecule has 0 atom stereocenters. The number of hydrogen-bond acceptors (Lipinski definition) is 5. The molecule has 0 aliphatic rings. The van der Waals surface area contributed by atoms with Gasteiger partial charge in [-0.2, -0.15) is 5.26 Å². The summed E-state index contributed by atoms with van der Waals surface area (Å²) < 4.78 is 5.62. The first-order valence-corrected chi connectivity index (χ1v) is 6.89. The molecule has 2 rings (SSSR count). The van der Waals surface area contributed by atoms with E-state index in [0.29, 0.717) is 29.7 Å². The third-order valence-corrected chi connectivity index (χ3v) is 3.08. The van der Waals surface area contributed by atoms with Crippen molar-refractivity contribution in [3.8, 4) is 11.8 Å². The fourth-order valence-electron chi connectivity index (χ4n) is 1.84. The van der Waals surface area contributed by atoms with E-state index in [1.807, 2.05) is 30.1 Å². The minimum absolute atomic E-state index is 0.329. The Balaban J connectivity index is 1.82. The van der Waals surface area contributed by atoms with E-state index in [0.717, 1.165) is 12.2 Å². The van der Waals surface area contributed by atoms with E-state index >= 15 is 0 Å². The molecule has 1 heterocycles. The number of ether oxygens (including phenoxy) is 1. The average molecular weight is 303 g/mol. The van der Waals surface area contributed by atoms with Crippen molar-refractivity contribution < 1.29 is 4.74 Å². The van der Waals surface area contributed by atoms with Crippen molar-refractivity contribution in [2.24, 2.45) is 0 Å². The van der Waals surface area contributed by atoms with Crippen LogP contribution in [-0.4, -0.2) is 30.2 Å². The smallest absolute Gasteiger partial charge is 0.183 e. The van der Waals surface area contributed by atoms with Gasteiger partial charge < -0.3 is 9.64 Å². The van der Waals surface area contributed by atoms with Gasteiger partial charge in [0.1, 0.15) is 11.8 Å². The topological polar surface area (TPSA) is 62.0 Å². The molecule has 6 heteroatoms. The van der Waals surface area contributed by atoms with Gasteiger partial charge in [0.2, 0.25) is 0 Å². The van der Waals surface area contributed by atoms with Crippen LogP contribution in [0.1, 0.15) is 12.1 Å². The summed E-state index contributed by atoms with van der Waals surface area (Å²) in [6, 6.07) is 9.34. The van der Waals surface area contributed by atoms with Crippen LogP contribution in [0.3, 0.4) is 0 Å². The lowest BCUT2D eigenvalue weighted by molar-refractivity contribution is 0.312. The van der Waals surface area contributed by atoms with Crippen LogP contribution in [-0.2, 0) is 0 Å². The van der Waals surface area contributed by atoms with Crippen molar-refractivity contribution in [2.45, 2.75) is 6.42 Å². The normalized spacial score (nSPS) is 9.95. The predicted octanol–water partition coefficient (Wildman–Crippen LogP) is 2.91. The molecule has 0 saturated carbocycles. The molecule has 0 radical (unpaired) electrons. The average Bonchev–Trinajstić information content (AvgIpc) is 2.51. The number of benzene rings is 1. The summed E-state index contributed by atoms with van der Waals surface area (Å²) in [7, 11) is 1.88. The van der Waals surface area contributed by atoms with Gasteiger partial charge in [-0.15, -0.1) is 0 Å². The molecule has 1 aromatic heterocycles. The Morgan fingerprint density at radius 1 is 1.33 bits per heavy atom. The molecule has 0 unspecified atom stereocenters. The second-order valence-corrected chi connectivity index (χ2v) is 4.86. The van der Waals surface area contributed by atoms with Gasteiger partial charge >= 0.3 is 0 Å². The van der Waals surface area contributed by atoms with Gasteiger partial charge in [-0.05, 0) is 24.6 Å². The lowest BCUT2D eigenvalue weighted by Gasteiger charge is -2.18. The van der Waals surface area contributed by atoms with Crippen LogP contribution in [0.4, 0.5) is 5.82 Å². The number of halogens is 1. The Kier molecular flexibility index (Phi) is 5.35. The van der Waals surface area contributed by atoms with E-state index in [-0.39, 0.29) is 0 Å². The molecule has 0 amide bonds. The Bertz CT molecular complexity index is 642. The Morgan fingerprint density at radius 2 is 2.14 bits per heavy atom. The summed E-state index contributed by atoms with van der Waals surface area (Å²) in [5, 5.41) is 9.65. The highest BCUT2D eigenvalue weighted by atomic mass is 35.5. The fourth-order valence-corrected chi connectivity index (χ4v) is 2.02. The summed E-state index contributed by atoms with van der Waals surface area (Å²) in [4.78, 5) is 10.1. The summed E-state index contributed by atoms with van der Waals surface area (Å²) in [6.45, 7) is 1.28. The molecule has 108 valence electrons. The van der Waals surface area contributed by atoms with Crippen molar-refractivity contribution in [3.05, 3.63) is 47.4 Å². The minimum Gasteiger partial charge on any atom is -0.493 e. The van der Waals surface area contributed by atoms with Crippen LogP contribution in [0.5, 0.6) is 5.75 Å². The van der Waals surface area contributed by atoms with E-state index in [2.05, 4.69) is 9.97 Å². The van der Waals surface area contributed by atoms with Gasteiger partial charge in [0.15, 0.2) is 11.5 Å². The second-order valence-electron chi connectivity index (χ2n) is 4.42. The highest BCUT2D eigenvalue weighted by molar-refractivity contribution is 6.30. The maximum Gasteiger partial charge on any atom is 0.183 e. The van der Waals surface area contributed by atoms with E-state index in [4.69, 9.17) is 21.6 Å². The quantitative estimate of drug-likeness (QED) is 0.768. The first-order chi connectivity index (χ1) is 10.2. The molecule has 0 saturated heterocycles. The van der Waals surface area contributed by atoms with Crippen LogP contribution in [0.15, 0.2) is 36.7 Å². The Morgan fingerprint density at radius 3 is 2.90 bits per heavy atom. The number of nitrogens with zero attached hydrogens (tertiary/aromatic N) is 4. The molecule has 0 N–H and O–H groups in total. The lowest BCUT2D eigenvalue weighted by Crippen LogP contribution is -2.22. The zero-order valence-corrected chi connectivity index (χ0v) is 12.4. The molecular weight excluding hydrogens is 288 g/mol. The Hall–Kier alpha value is -2.32. The largest absolute Gasteiger partial charge is 0.493 e. The van der Waals surface area contributed by atoms with Gasteiger partial charge in [-0.25, -0.2) is 9.97 Å². The summed E-state index contributed by atoms with van der Waals surface area (Å²) >= 11 is 5.89. The first kappa shape index (κ1) is 15.1. The number of aromatic nitrogens is 2. The highest BCUT2D eigenvalue weighted by Gasteiger charge is 2.09. The van der Waals surface area contributed by atoms with Gasteiger partial charge in [0.05, 0.1) is 6.61 Å². The van der Waals surface area contributed by atoms with Crippen LogP contribution >= 0.6 is 11.6 Å². The Labute approximate surface area is 128 Å². The monoisotopic (exact) mass is 302 g/mol. The maximum atomic E-state index is 9.00. The van der Waals surface area contributed by atoms with Crippen LogP contribution in [0, 0.1) is 11.3 Å². The lowest BCUT2D eigenvalue weighted by atomic mass is 10.3. The van der Waals surface area contributed by atoms with E-state index < -0.39 is 0 Å². The molecule has 0 spiro atoms. The molecule has 0 aliphatic heterocycles. The van der Waals surface area contributed by atoms with Gasteiger partial charge in [-0.3, -0.25) is 0 Å². The van der Waals surface area contributed by atoms with Gasteiger partial charge in [0.25, 0.3) is 0 Å². The molecule has 5 nitrogen and oxygen atoms in total. The molecule has 2 aromatic rings. The fraction of sp³-hybridized carbons (Fsp3) is 0.267. The van der Waals surface area contributed by atoms with Crippen molar-refractivity contribution in [1.82, 2.24) is 9.97 Å². The van der Waals surface area contributed by atoms with Crippen LogP contribution < -0.4 is 9.64 Å². The van der Waals surface area contributed by atoms with Crippen molar-refractivity contribution in [2.75, 3.05) is 25.1 Å². The first-order valence-electron chi connectivity index (χ1n) is 6.51. The van der Waals surface area contributed by atoms with Gasteiger partial charge in [-0.1, -0.05) is 17.7 Å². The number of rotatable bonds is 6. The predicted molar refractivity (Wildman–Crippen MR) is 81.6 cm³/mol. The van der Waals surface area contributed by atoms with Crippen molar-refractivity contribution in [1.29, 1.82) is 5.26 Å². The SMILES string of the molecule is CN(CCCOc1cccc(Cl)c1)c1nccnc1C#N. The minimum atomic E-state index is 0.329. The van der Waals surface area contributed by atoms with E-state index in [9.17, 15) is 0 Å². The zero-order chi connectivity index (χ0) is 15.1. The number of hydrogen-bond donors (Lipinski definition) is 0. The maximum absolute atomic E-state index is 9.00. The van der Waals surface area contributed by atoms with E-state index in [1.54, 1.807) is 18.3 Å². The summed E-state index contributed by atoms with van der Waals surface area (Å²) in [6.07, 6.45) is 3.89. The van der Waals surface area contributed by atoms with Crippen LogP contribution in [0.2, 0.25) is 5.02 Å². The zero-order valence-electron chi connectivity index (χ0n) is 11.7. The van der Waals surface area contributed by atoms with Crippen molar-refractivity contribution in [3.63, 3.8) is 0 Å². The summed E-state index contributed by atoms with van der Waals surface area (Å²) in [5.74, 6) is 1.34. The van der Waals surface area contributed by atoms with Crippen LogP contribution in [0.25, 0.3) is 0 Å².